The molecule has 1 aromatic heterocycles. The van der Waals surface area contributed by atoms with Crippen LogP contribution in [0.2, 0.25) is 0 Å². The van der Waals surface area contributed by atoms with Crippen LogP contribution in [-0.4, -0.2) is 24.2 Å². The summed E-state index contributed by atoms with van der Waals surface area (Å²) >= 11 is 0. The number of nitrogens with zero attached hydrogens (tertiary/aromatic N) is 2. The van der Waals surface area contributed by atoms with Gasteiger partial charge in [0.05, 0.1) is 0 Å². The van der Waals surface area contributed by atoms with Crippen molar-refractivity contribution >= 4 is 10.0 Å². The normalized spacial score (nSPS) is 13.5. The standard InChI is InChI=1S/C16H23N3O2S/c1-5-13(4)18-22(20,21)15-11-19(12(2)3)17-16(15)14-9-7-6-8-10-14/h6-13,18H,5H2,1-4H3. The third-order valence-corrected chi connectivity index (χ3v) is 5.12. The lowest BCUT2D eigenvalue weighted by Crippen LogP contribution is -2.32. The number of hydrogen-bond acceptors (Lipinski definition) is 3. The predicted octanol–water partition coefficient (Wildman–Crippen LogP) is 3.21. The third-order valence-electron chi connectivity index (χ3n) is 3.53. The molecule has 22 heavy (non-hydrogen) atoms. The number of rotatable bonds is 6. The summed E-state index contributed by atoms with van der Waals surface area (Å²) in [7, 11) is -3.60. The van der Waals surface area contributed by atoms with Gasteiger partial charge in [-0.3, -0.25) is 4.68 Å². The summed E-state index contributed by atoms with van der Waals surface area (Å²) in [5.41, 5.74) is 1.29. The highest BCUT2D eigenvalue weighted by molar-refractivity contribution is 7.89. The molecule has 1 heterocycles. The van der Waals surface area contributed by atoms with Crippen LogP contribution in [0, 0.1) is 0 Å². The molecule has 0 spiro atoms. The molecule has 0 saturated carbocycles. The molecule has 1 N–H and O–H groups in total. The van der Waals surface area contributed by atoms with Crippen molar-refractivity contribution < 1.29 is 8.42 Å². The average Bonchev–Trinajstić information content (AvgIpc) is 2.94. The van der Waals surface area contributed by atoms with E-state index < -0.39 is 10.0 Å². The molecule has 0 aliphatic heterocycles. The van der Waals surface area contributed by atoms with E-state index in [4.69, 9.17) is 0 Å². The number of benzene rings is 1. The fourth-order valence-corrected chi connectivity index (χ4v) is 3.53. The van der Waals surface area contributed by atoms with Gasteiger partial charge < -0.3 is 0 Å². The summed E-state index contributed by atoms with van der Waals surface area (Å²) in [6.07, 6.45) is 2.34. The van der Waals surface area contributed by atoms with Gasteiger partial charge in [0.25, 0.3) is 0 Å². The van der Waals surface area contributed by atoms with E-state index in [1.807, 2.05) is 58.0 Å². The highest BCUT2D eigenvalue weighted by atomic mass is 32.2. The topological polar surface area (TPSA) is 64.0 Å². The van der Waals surface area contributed by atoms with Crippen LogP contribution in [-0.2, 0) is 10.0 Å². The van der Waals surface area contributed by atoms with E-state index in [2.05, 4.69) is 9.82 Å². The van der Waals surface area contributed by atoms with Crippen LogP contribution in [0.25, 0.3) is 11.3 Å². The molecule has 120 valence electrons. The molecule has 6 heteroatoms. The second kappa shape index (κ2) is 6.62. The van der Waals surface area contributed by atoms with E-state index in [0.717, 1.165) is 12.0 Å². The quantitative estimate of drug-likeness (QED) is 0.888. The Kier molecular flexibility index (Phi) is 5.03. The smallest absolute Gasteiger partial charge is 0.244 e. The van der Waals surface area contributed by atoms with Gasteiger partial charge in [0, 0.05) is 23.8 Å². The van der Waals surface area contributed by atoms with Crippen molar-refractivity contribution in [2.75, 3.05) is 0 Å². The Morgan fingerprint density at radius 3 is 2.36 bits per heavy atom. The first-order valence-electron chi connectivity index (χ1n) is 7.52. The van der Waals surface area contributed by atoms with E-state index in [1.165, 1.54) is 0 Å². The number of sulfonamides is 1. The third kappa shape index (κ3) is 3.56. The van der Waals surface area contributed by atoms with Crippen molar-refractivity contribution in [3.05, 3.63) is 36.5 Å². The fraction of sp³-hybridized carbons (Fsp3) is 0.438. The Bertz CT molecular complexity index is 721. The number of aromatic nitrogens is 2. The Balaban J connectivity index is 2.55. The van der Waals surface area contributed by atoms with Gasteiger partial charge in [0.15, 0.2) is 0 Å². The summed E-state index contributed by atoms with van der Waals surface area (Å²) in [4.78, 5) is 0.229. The molecule has 2 aromatic rings. The van der Waals surface area contributed by atoms with Crippen LogP contribution in [0.5, 0.6) is 0 Å². The zero-order valence-electron chi connectivity index (χ0n) is 13.4. The van der Waals surface area contributed by atoms with E-state index in [9.17, 15) is 8.42 Å². The molecule has 0 radical (unpaired) electrons. The van der Waals surface area contributed by atoms with Crippen molar-refractivity contribution in [1.29, 1.82) is 0 Å². The highest BCUT2D eigenvalue weighted by Gasteiger charge is 2.25. The Labute approximate surface area is 132 Å². The van der Waals surface area contributed by atoms with Gasteiger partial charge in [0.1, 0.15) is 10.6 Å². The minimum Gasteiger partial charge on any atom is -0.268 e. The van der Waals surface area contributed by atoms with E-state index in [1.54, 1.807) is 10.9 Å². The molecule has 1 unspecified atom stereocenters. The average molecular weight is 321 g/mol. The SMILES string of the molecule is CCC(C)NS(=O)(=O)c1cn(C(C)C)nc1-c1ccccc1. The Hall–Kier alpha value is -1.66. The van der Waals surface area contributed by atoms with Crippen LogP contribution >= 0.6 is 0 Å². The molecule has 0 bridgehead atoms. The van der Waals surface area contributed by atoms with Gasteiger partial charge in [-0.05, 0) is 27.2 Å². The first-order chi connectivity index (χ1) is 10.3. The maximum atomic E-state index is 12.7. The second-order valence-corrected chi connectivity index (χ2v) is 7.39. The van der Waals surface area contributed by atoms with Gasteiger partial charge in [0.2, 0.25) is 10.0 Å². The van der Waals surface area contributed by atoms with Crippen molar-refractivity contribution in [1.82, 2.24) is 14.5 Å². The van der Waals surface area contributed by atoms with Crippen molar-refractivity contribution in [2.45, 2.75) is 51.1 Å². The first kappa shape index (κ1) is 16.7. The Morgan fingerprint density at radius 2 is 1.82 bits per heavy atom. The van der Waals surface area contributed by atoms with Crippen LogP contribution in [0.4, 0.5) is 0 Å². The molecule has 1 aromatic carbocycles. The molecule has 2 rings (SSSR count). The lowest BCUT2D eigenvalue weighted by atomic mass is 10.2. The van der Waals surface area contributed by atoms with Crippen molar-refractivity contribution in [2.24, 2.45) is 0 Å². The minimum absolute atomic E-state index is 0.0926. The molecule has 5 nitrogen and oxygen atoms in total. The van der Waals surface area contributed by atoms with Gasteiger partial charge >= 0.3 is 0 Å². The predicted molar refractivity (Wildman–Crippen MR) is 88.1 cm³/mol. The minimum atomic E-state index is -3.60. The van der Waals surface area contributed by atoms with E-state index in [0.29, 0.717) is 5.69 Å². The fourth-order valence-electron chi connectivity index (χ4n) is 2.04. The molecule has 0 aliphatic carbocycles. The second-order valence-electron chi connectivity index (χ2n) is 5.71. The zero-order chi connectivity index (χ0) is 16.3. The zero-order valence-corrected chi connectivity index (χ0v) is 14.3. The Morgan fingerprint density at radius 1 is 1.18 bits per heavy atom. The van der Waals surface area contributed by atoms with Crippen LogP contribution in [0.15, 0.2) is 41.4 Å². The first-order valence-corrected chi connectivity index (χ1v) is 9.00. The summed E-state index contributed by atoms with van der Waals surface area (Å²) in [6, 6.07) is 9.37. The van der Waals surface area contributed by atoms with Crippen molar-refractivity contribution in [3.8, 4) is 11.3 Å². The van der Waals surface area contributed by atoms with Crippen LogP contribution < -0.4 is 4.72 Å². The van der Waals surface area contributed by atoms with Gasteiger partial charge in [-0.2, -0.15) is 5.10 Å². The molecule has 0 amide bonds. The maximum absolute atomic E-state index is 12.7. The molecule has 0 aliphatic rings. The largest absolute Gasteiger partial charge is 0.268 e. The molecular weight excluding hydrogens is 298 g/mol. The molecule has 1 atom stereocenters. The monoisotopic (exact) mass is 321 g/mol. The summed E-state index contributed by atoms with van der Waals surface area (Å²) < 4.78 is 29.7. The van der Waals surface area contributed by atoms with Crippen molar-refractivity contribution in [3.63, 3.8) is 0 Å². The number of hydrogen-bond donors (Lipinski definition) is 1. The lowest BCUT2D eigenvalue weighted by Gasteiger charge is -2.11. The summed E-state index contributed by atoms with van der Waals surface area (Å²) in [5.74, 6) is 0. The molecular formula is C16H23N3O2S. The number of nitrogens with one attached hydrogen (secondary N) is 1. The highest BCUT2D eigenvalue weighted by Crippen LogP contribution is 2.27. The van der Waals surface area contributed by atoms with Gasteiger partial charge in [-0.1, -0.05) is 37.3 Å². The van der Waals surface area contributed by atoms with Gasteiger partial charge in [-0.15, -0.1) is 0 Å². The van der Waals surface area contributed by atoms with E-state index in [-0.39, 0.29) is 17.0 Å². The maximum Gasteiger partial charge on any atom is 0.244 e. The summed E-state index contributed by atoms with van der Waals surface area (Å²) in [5, 5.41) is 4.48. The van der Waals surface area contributed by atoms with Gasteiger partial charge in [-0.25, -0.2) is 13.1 Å². The summed E-state index contributed by atoms with van der Waals surface area (Å²) in [6.45, 7) is 7.75. The van der Waals surface area contributed by atoms with E-state index >= 15 is 0 Å². The molecule has 0 fully saturated rings. The van der Waals surface area contributed by atoms with Crippen LogP contribution in [0.3, 0.4) is 0 Å². The lowest BCUT2D eigenvalue weighted by molar-refractivity contribution is 0.531. The van der Waals surface area contributed by atoms with Crippen LogP contribution in [0.1, 0.15) is 40.2 Å². The molecule has 0 saturated heterocycles.